The molecular formula is C64H39Cl5F2N16S5. The maximum absolute atomic E-state index is 13.8. The highest BCUT2D eigenvalue weighted by atomic mass is 35.5. The molecule has 0 saturated heterocycles. The van der Waals surface area contributed by atoms with Gasteiger partial charge in [0.25, 0.3) is 0 Å². The Bertz CT molecular complexity index is 4580. The normalized spacial score (nSPS) is 10.6. The third kappa shape index (κ3) is 16.7. The number of pyridine rings is 9. The highest BCUT2D eigenvalue weighted by molar-refractivity contribution is 7.20. The van der Waals surface area contributed by atoms with E-state index in [1.807, 2.05) is 97.9 Å². The van der Waals surface area contributed by atoms with Crippen molar-refractivity contribution in [3.8, 4) is 100 Å². The summed E-state index contributed by atoms with van der Waals surface area (Å²) in [7, 11) is 0. The van der Waals surface area contributed by atoms with Crippen molar-refractivity contribution in [2.45, 2.75) is 6.92 Å². The van der Waals surface area contributed by atoms with Gasteiger partial charge in [0.05, 0.1) is 49.1 Å². The van der Waals surface area contributed by atoms with Crippen molar-refractivity contribution in [2.24, 2.45) is 0 Å². The Hall–Kier alpha value is -8.98. The summed E-state index contributed by atoms with van der Waals surface area (Å²) in [6, 6.07) is 38.6. The van der Waals surface area contributed by atoms with Crippen LogP contribution in [0.4, 0.5) is 8.78 Å². The molecule has 92 heavy (non-hydrogen) atoms. The van der Waals surface area contributed by atoms with Crippen molar-refractivity contribution in [1.82, 2.24) is 79.6 Å². The van der Waals surface area contributed by atoms with Crippen molar-refractivity contribution in [3.63, 3.8) is 0 Å². The van der Waals surface area contributed by atoms with Gasteiger partial charge in [-0.3, -0.25) is 39.9 Å². The Morgan fingerprint density at radius 3 is 1.20 bits per heavy atom. The molecule has 0 N–H and O–H groups in total. The van der Waals surface area contributed by atoms with Crippen LogP contribution in [0.1, 0.15) is 5.69 Å². The van der Waals surface area contributed by atoms with E-state index in [1.54, 1.807) is 139 Å². The lowest BCUT2D eigenvalue weighted by molar-refractivity contribution is 0.585. The molecule has 0 unspecified atom stereocenters. The lowest BCUT2D eigenvalue weighted by atomic mass is 10.2. The standard InChI is InChI=1S/C14H10ClN3S.C13H7ClFN3S.C13H8ClN3S.C13H8FN3S.C11H6Cl2N4S/c1-9-4-2-6-11(17-9)12-13(15)18-14(19-12)10-5-3-7-16-8-10;14-12-11(9-4-1-5-10(15)17-9)19-13(18-12)8-3-2-6-16-7-8;14-12-11(9-3-1-5-15-7-9)18-13(17-12)10-4-2-6-16-8-10;14-12-11(10-5-1-2-7-16-10)18-13(17-12)9-4-3-6-15-8-9;12-8-5-15-17(6-8)11-9(13)16-10(18-11)7-2-1-3-14-4-7/h2-8H,1H3;1-7H;2*1-8H;1-6H. The zero-order chi connectivity index (χ0) is 63.8. The van der Waals surface area contributed by atoms with E-state index < -0.39 is 11.9 Å². The van der Waals surface area contributed by atoms with Crippen molar-refractivity contribution in [3.05, 3.63) is 264 Å². The van der Waals surface area contributed by atoms with Crippen LogP contribution in [-0.2, 0) is 0 Å². The number of aryl methyl sites for hydroxylation is 1. The molecule has 0 atom stereocenters. The maximum atomic E-state index is 13.8. The van der Waals surface area contributed by atoms with Crippen molar-refractivity contribution in [1.29, 1.82) is 0 Å². The Labute approximate surface area is 568 Å². The smallest absolute Gasteiger partial charge is 0.233 e. The molecule has 0 saturated carbocycles. The van der Waals surface area contributed by atoms with Crippen LogP contribution in [0.15, 0.2) is 220 Å². The molecule has 15 aromatic rings. The first kappa shape index (κ1) is 64.5. The predicted molar refractivity (Wildman–Crippen MR) is 366 cm³/mol. The number of rotatable bonds is 10. The lowest BCUT2D eigenvalue weighted by Gasteiger charge is -1.97. The summed E-state index contributed by atoms with van der Waals surface area (Å²) in [6.07, 6.45) is 25.6. The first-order valence-electron chi connectivity index (χ1n) is 26.8. The van der Waals surface area contributed by atoms with Gasteiger partial charge in [0.1, 0.15) is 45.4 Å². The van der Waals surface area contributed by atoms with E-state index in [-0.39, 0.29) is 0 Å². The Kier molecular flexibility index (Phi) is 22.0. The molecular weight excluding hydrogens is 1370 g/mol. The summed E-state index contributed by atoms with van der Waals surface area (Å²) in [5.74, 6) is -1.03. The zero-order valence-electron chi connectivity index (χ0n) is 47.1. The van der Waals surface area contributed by atoms with Gasteiger partial charge < -0.3 is 0 Å². The summed E-state index contributed by atoms with van der Waals surface area (Å²) in [5, 5.41) is 11.0. The van der Waals surface area contributed by atoms with Gasteiger partial charge >= 0.3 is 0 Å². The summed E-state index contributed by atoms with van der Waals surface area (Å²) in [4.78, 5) is 61.0. The van der Waals surface area contributed by atoms with Gasteiger partial charge in [-0.2, -0.15) is 13.9 Å². The van der Waals surface area contributed by atoms with Crippen LogP contribution in [-0.4, -0.2) is 79.6 Å². The van der Waals surface area contributed by atoms with Crippen LogP contribution in [0.5, 0.6) is 0 Å². The van der Waals surface area contributed by atoms with Crippen LogP contribution in [0.3, 0.4) is 0 Å². The number of thiazole rings is 5. The quantitative estimate of drug-likeness (QED) is 0.117. The molecule has 0 spiro atoms. The molecule has 28 heteroatoms. The van der Waals surface area contributed by atoms with Crippen LogP contribution in [0.2, 0.25) is 25.6 Å². The van der Waals surface area contributed by atoms with E-state index in [9.17, 15) is 8.78 Å². The molecule has 15 heterocycles. The van der Waals surface area contributed by atoms with Gasteiger partial charge in [-0.05, 0) is 110 Å². The second kappa shape index (κ2) is 31.4. The highest BCUT2D eigenvalue weighted by Crippen LogP contribution is 2.41. The van der Waals surface area contributed by atoms with Gasteiger partial charge in [-0.1, -0.05) is 93.6 Å². The van der Waals surface area contributed by atoms with Gasteiger partial charge in [0.2, 0.25) is 11.9 Å². The molecule has 0 amide bonds. The largest absolute Gasteiger partial charge is 0.264 e. The fraction of sp³-hybridized carbons (Fsp3) is 0.0156. The molecule has 0 bridgehead atoms. The van der Waals surface area contributed by atoms with E-state index in [1.165, 1.54) is 51.4 Å². The van der Waals surface area contributed by atoms with E-state index in [4.69, 9.17) is 58.0 Å². The highest BCUT2D eigenvalue weighted by Gasteiger charge is 2.19. The summed E-state index contributed by atoms with van der Waals surface area (Å²) < 4.78 is 28.6. The van der Waals surface area contributed by atoms with Gasteiger partial charge in [-0.15, -0.1) is 45.3 Å². The molecule has 0 aliphatic carbocycles. The topological polar surface area (TPSA) is 198 Å². The molecule has 0 radical (unpaired) electrons. The SMILES string of the molecule is Cc1cccc(-c2sc(-c3cccnc3)nc2Cl)n1.Clc1cnn(-c2sc(-c3cccnc3)nc2Cl)c1.Clc1nc(-c2cccnc2)sc1-c1cccnc1.Fc1cccc(-c2sc(-c3cccnc3)nc2Cl)n1.Fc1nc(-c2cccnc2)sc1-c1ccccn1. The predicted octanol–water partition coefficient (Wildman–Crippen LogP) is 19.3. The minimum Gasteiger partial charge on any atom is -0.264 e. The second-order valence-electron chi connectivity index (χ2n) is 18.4. The van der Waals surface area contributed by atoms with Gasteiger partial charge in [0.15, 0.2) is 10.2 Å². The van der Waals surface area contributed by atoms with Crippen LogP contribution in [0, 0.1) is 18.8 Å². The van der Waals surface area contributed by atoms with Crippen molar-refractivity contribution >= 4 is 115 Å². The molecule has 15 rings (SSSR count). The Morgan fingerprint density at radius 2 is 0.761 bits per heavy atom. The Morgan fingerprint density at radius 1 is 0.348 bits per heavy atom. The molecule has 0 fully saturated rings. The fourth-order valence-corrected chi connectivity index (χ4v) is 14.1. The van der Waals surface area contributed by atoms with E-state index >= 15 is 0 Å². The summed E-state index contributed by atoms with van der Waals surface area (Å²) in [6.45, 7) is 1.96. The lowest BCUT2D eigenvalue weighted by Crippen LogP contribution is -1.90. The molecule has 0 aliphatic rings. The first-order chi connectivity index (χ1) is 44.9. The Balaban J connectivity index is 0.000000118. The van der Waals surface area contributed by atoms with Crippen molar-refractivity contribution in [2.75, 3.05) is 0 Å². The summed E-state index contributed by atoms with van der Waals surface area (Å²) >= 11 is 37.6. The third-order valence-electron chi connectivity index (χ3n) is 12.1. The first-order valence-corrected chi connectivity index (χ1v) is 32.8. The number of aromatic nitrogens is 16. The van der Waals surface area contributed by atoms with Gasteiger partial charge in [-0.25, -0.2) is 34.6 Å². The molecule has 454 valence electrons. The maximum Gasteiger partial charge on any atom is 0.233 e. The van der Waals surface area contributed by atoms with E-state index in [0.717, 1.165) is 79.6 Å². The summed E-state index contributed by atoms with van der Waals surface area (Å²) in [5.41, 5.74) is 8.43. The number of hydrogen-bond acceptors (Lipinski definition) is 20. The van der Waals surface area contributed by atoms with Crippen LogP contribution >= 0.6 is 115 Å². The van der Waals surface area contributed by atoms with Gasteiger partial charge in [0, 0.05) is 120 Å². The van der Waals surface area contributed by atoms with E-state index in [0.29, 0.717) is 51.8 Å². The van der Waals surface area contributed by atoms with E-state index in [2.05, 4.69) is 74.9 Å². The average molecular weight is 1410 g/mol. The van der Waals surface area contributed by atoms with Crippen molar-refractivity contribution < 1.29 is 8.78 Å². The second-order valence-corrected chi connectivity index (χ2v) is 25.3. The fourth-order valence-electron chi connectivity index (χ4n) is 7.97. The number of halogens is 7. The molecule has 0 aromatic carbocycles. The minimum absolute atomic E-state index is 0.321. The van der Waals surface area contributed by atoms with Crippen LogP contribution < -0.4 is 0 Å². The third-order valence-corrected chi connectivity index (χ3v) is 19.4. The molecule has 0 aliphatic heterocycles. The zero-order valence-corrected chi connectivity index (χ0v) is 55.0. The average Bonchev–Trinajstić information content (AvgIpc) is 1.89. The molecule has 15 aromatic heterocycles. The van der Waals surface area contributed by atoms with Crippen LogP contribution in [0.25, 0.3) is 100 Å². The minimum atomic E-state index is -0.537. The number of hydrogen-bond donors (Lipinski definition) is 0. The molecule has 16 nitrogen and oxygen atoms in total. The monoisotopic (exact) mass is 1400 g/mol. The number of nitrogens with zero attached hydrogens (tertiary/aromatic N) is 16.